The number of cyclic esters (lactones) is 1. The number of nitrogens with zero attached hydrogens (tertiary/aromatic N) is 1. The molecule has 0 aromatic heterocycles. The van der Waals surface area contributed by atoms with Crippen LogP contribution in [0.25, 0.3) is 6.08 Å². The van der Waals surface area contributed by atoms with Crippen molar-refractivity contribution in [2.24, 2.45) is 4.99 Å². The zero-order chi connectivity index (χ0) is 20.1. The number of rotatable bonds is 6. The van der Waals surface area contributed by atoms with E-state index in [1.54, 1.807) is 30.3 Å². The first kappa shape index (κ1) is 19.5. The Balaban J connectivity index is 1.74. The summed E-state index contributed by atoms with van der Waals surface area (Å²) in [4.78, 5) is 28.0. The van der Waals surface area contributed by atoms with Crippen molar-refractivity contribution in [3.05, 3.63) is 70.9 Å². The van der Waals surface area contributed by atoms with Gasteiger partial charge in [-0.2, -0.15) is 0 Å². The Bertz CT molecular complexity index is 922. The Morgan fingerprint density at radius 2 is 1.79 bits per heavy atom. The second-order valence-electron chi connectivity index (χ2n) is 6.91. The van der Waals surface area contributed by atoms with Crippen LogP contribution in [0.15, 0.2) is 59.2 Å². The van der Waals surface area contributed by atoms with Gasteiger partial charge in [0, 0.05) is 12.0 Å². The van der Waals surface area contributed by atoms with Crippen LogP contribution in [0, 0.1) is 0 Å². The van der Waals surface area contributed by atoms with Gasteiger partial charge in [-0.3, -0.25) is 4.79 Å². The molecule has 5 heteroatoms. The highest BCUT2D eigenvalue weighted by Crippen LogP contribution is 2.22. The number of benzene rings is 2. The summed E-state index contributed by atoms with van der Waals surface area (Å²) in [5.41, 5.74) is 2.98. The molecule has 0 saturated heterocycles. The molecule has 1 heterocycles. The fourth-order valence-electron chi connectivity index (χ4n) is 2.72. The third kappa shape index (κ3) is 4.74. The van der Waals surface area contributed by atoms with Gasteiger partial charge in [-0.25, -0.2) is 9.79 Å². The third-order valence-corrected chi connectivity index (χ3v) is 4.31. The lowest BCUT2D eigenvalue weighted by molar-refractivity contribution is -0.134. The molecule has 0 N–H and O–H groups in total. The van der Waals surface area contributed by atoms with Crippen molar-refractivity contribution in [1.29, 1.82) is 0 Å². The predicted octanol–water partition coefficient (Wildman–Crippen LogP) is 4.86. The minimum Gasteiger partial charge on any atom is -0.427 e. The number of hydrogen-bond acceptors (Lipinski definition) is 5. The van der Waals surface area contributed by atoms with Gasteiger partial charge in [0.15, 0.2) is 5.70 Å². The van der Waals surface area contributed by atoms with Crippen LogP contribution in [0.5, 0.6) is 5.75 Å². The molecule has 1 aliphatic rings. The van der Waals surface area contributed by atoms with E-state index in [9.17, 15) is 9.59 Å². The largest absolute Gasteiger partial charge is 0.427 e. The number of hydrogen-bond donors (Lipinski definition) is 0. The highest BCUT2D eigenvalue weighted by atomic mass is 16.6. The molecule has 0 saturated carbocycles. The summed E-state index contributed by atoms with van der Waals surface area (Å²) in [5.74, 6) is 0.467. The minimum atomic E-state index is -0.485. The van der Waals surface area contributed by atoms with Gasteiger partial charge in [-0.1, -0.05) is 45.0 Å². The van der Waals surface area contributed by atoms with Gasteiger partial charge in [0.2, 0.25) is 5.90 Å². The van der Waals surface area contributed by atoms with E-state index in [0.29, 0.717) is 24.0 Å². The van der Waals surface area contributed by atoms with Crippen molar-refractivity contribution in [1.82, 2.24) is 0 Å². The molecular formula is C23H23NO4. The van der Waals surface area contributed by atoms with Crippen molar-refractivity contribution in [3.63, 3.8) is 0 Å². The van der Waals surface area contributed by atoms with Gasteiger partial charge in [0.25, 0.3) is 0 Å². The van der Waals surface area contributed by atoms with E-state index in [1.807, 2.05) is 31.2 Å². The minimum absolute atomic E-state index is 0.235. The Hall–Kier alpha value is -3.21. The zero-order valence-electron chi connectivity index (χ0n) is 16.3. The first-order chi connectivity index (χ1) is 13.5. The van der Waals surface area contributed by atoms with Crippen LogP contribution in [0.3, 0.4) is 0 Å². The van der Waals surface area contributed by atoms with Crippen molar-refractivity contribution >= 4 is 23.9 Å². The van der Waals surface area contributed by atoms with Gasteiger partial charge < -0.3 is 9.47 Å². The fraction of sp³-hybridized carbons (Fsp3) is 0.261. The van der Waals surface area contributed by atoms with Gasteiger partial charge in [-0.05, 0) is 53.8 Å². The van der Waals surface area contributed by atoms with E-state index < -0.39 is 5.97 Å². The van der Waals surface area contributed by atoms with E-state index >= 15 is 0 Å². The van der Waals surface area contributed by atoms with Crippen molar-refractivity contribution < 1.29 is 19.1 Å². The fourth-order valence-corrected chi connectivity index (χ4v) is 2.72. The van der Waals surface area contributed by atoms with E-state index in [0.717, 1.165) is 17.5 Å². The Morgan fingerprint density at radius 1 is 1.11 bits per heavy atom. The monoisotopic (exact) mass is 377 g/mol. The number of carbonyl (C=O) groups excluding carboxylic acids is 2. The maximum absolute atomic E-state index is 12.1. The molecule has 0 atom stereocenters. The molecule has 5 nitrogen and oxygen atoms in total. The maximum atomic E-state index is 12.1. The first-order valence-corrected chi connectivity index (χ1v) is 9.40. The van der Waals surface area contributed by atoms with E-state index in [1.165, 1.54) is 5.56 Å². The van der Waals surface area contributed by atoms with Crippen LogP contribution in [0.4, 0.5) is 0 Å². The summed E-state index contributed by atoms with van der Waals surface area (Å²) in [6.45, 7) is 6.17. The molecule has 2 aromatic carbocycles. The molecule has 28 heavy (non-hydrogen) atoms. The summed E-state index contributed by atoms with van der Waals surface area (Å²) < 4.78 is 10.5. The average molecular weight is 377 g/mol. The molecule has 0 unspecified atom stereocenters. The Labute approximate surface area is 164 Å². The molecule has 3 rings (SSSR count). The summed E-state index contributed by atoms with van der Waals surface area (Å²) in [5, 5.41) is 0. The van der Waals surface area contributed by atoms with Crippen LogP contribution < -0.4 is 4.74 Å². The second kappa shape index (κ2) is 8.65. The number of esters is 2. The molecule has 0 bridgehead atoms. The van der Waals surface area contributed by atoms with Crippen LogP contribution in [-0.2, 0) is 14.3 Å². The normalized spacial score (nSPS) is 14.9. The van der Waals surface area contributed by atoms with E-state index in [-0.39, 0.29) is 11.7 Å². The van der Waals surface area contributed by atoms with Gasteiger partial charge >= 0.3 is 11.9 Å². The van der Waals surface area contributed by atoms with Crippen molar-refractivity contribution in [2.45, 2.75) is 39.5 Å². The molecule has 1 aliphatic heterocycles. The molecule has 2 aromatic rings. The van der Waals surface area contributed by atoms with Crippen LogP contribution in [0.2, 0.25) is 0 Å². The van der Waals surface area contributed by atoms with Crippen molar-refractivity contribution in [2.75, 3.05) is 0 Å². The molecule has 0 fully saturated rings. The summed E-state index contributed by atoms with van der Waals surface area (Å²) >= 11 is 0. The number of ether oxygens (including phenoxy) is 2. The quantitative estimate of drug-likeness (QED) is 0.410. The molecule has 0 aliphatic carbocycles. The lowest BCUT2D eigenvalue weighted by atomic mass is 10.0. The third-order valence-electron chi connectivity index (χ3n) is 4.31. The van der Waals surface area contributed by atoms with E-state index in [2.05, 4.69) is 18.8 Å². The summed E-state index contributed by atoms with van der Waals surface area (Å²) in [6.07, 6.45) is 2.77. The summed E-state index contributed by atoms with van der Waals surface area (Å²) in [6, 6.07) is 14.7. The first-order valence-electron chi connectivity index (χ1n) is 9.40. The maximum Gasteiger partial charge on any atom is 0.363 e. The smallest absolute Gasteiger partial charge is 0.363 e. The molecule has 0 radical (unpaired) electrons. The number of carbonyl (C=O) groups is 2. The predicted molar refractivity (Wildman–Crippen MR) is 108 cm³/mol. The van der Waals surface area contributed by atoms with Crippen LogP contribution in [-0.4, -0.2) is 17.8 Å². The lowest BCUT2D eigenvalue weighted by Crippen LogP contribution is -2.06. The Kier molecular flexibility index (Phi) is 6.04. The molecule has 0 amide bonds. The van der Waals surface area contributed by atoms with Gasteiger partial charge in [-0.15, -0.1) is 0 Å². The van der Waals surface area contributed by atoms with Crippen LogP contribution in [0.1, 0.15) is 56.2 Å². The molecular weight excluding hydrogens is 354 g/mol. The molecule has 0 spiro atoms. The van der Waals surface area contributed by atoms with Gasteiger partial charge in [0.05, 0.1) is 0 Å². The second-order valence-corrected chi connectivity index (χ2v) is 6.91. The number of aliphatic imine (C=N–C) groups is 1. The standard InChI is InChI=1S/C23H23NO4/c1-4-5-21(25)27-19-12-6-16(7-13-19)14-20-23(26)28-22(24-20)18-10-8-17(9-11-18)15(2)3/h6-15H,4-5H2,1-3H3/b20-14-. The van der Waals surface area contributed by atoms with Gasteiger partial charge in [0.1, 0.15) is 5.75 Å². The lowest BCUT2D eigenvalue weighted by Gasteiger charge is -2.05. The zero-order valence-corrected chi connectivity index (χ0v) is 16.3. The Morgan fingerprint density at radius 3 is 2.39 bits per heavy atom. The summed E-state index contributed by atoms with van der Waals surface area (Å²) in [7, 11) is 0. The van der Waals surface area contributed by atoms with Crippen molar-refractivity contribution in [3.8, 4) is 5.75 Å². The van der Waals surface area contributed by atoms with Crippen LogP contribution >= 0.6 is 0 Å². The average Bonchev–Trinajstić information content (AvgIpc) is 3.04. The highest BCUT2D eigenvalue weighted by Gasteiger charge is 2.24. The molecule has 144 valence electrons. The topological polar surface area (TPSA) is 65.0 Å². The highest BCUT2D eigenvalue weighted by molar-refractivity contribution is 6.12. The SMILES string of the molecule is CCCC(=O)Oc1ccc(/C=C2\N=C(c3ccc(C(C)C)cc3)OC2=O)cc1. The van der Waals surface area contributed by atoms with E-state index in [4.69, 9.17) is 9.47 Å².